The van der Waals surface area contributed by atoms with Gasteiger partial charge in [0.25, 0.3) is 0 Å². The maximum Gasteiger partial charge on any atom is 0.174 e. The summed E-state index contributed by atoms with van der Waals surface area (Å²) in [5, 5.41) is 0. The summed E-state index contributed by atoms with van der Waals surface area (Å²) < 4.78 is 13.0. The highest BCUT2D eigenvalue weighted by Crippen LogP contribution is 2.35. The first kappa shape index (κ1) is 29.7. The monoisotopic (exact) mass is 424 g/mol. The smallest absolute Gasteiger partial charge is 0.174 e. The number of unbranched alkanes of at least 4 members (excludes halogenated alkanes) is 12. The minimum absolute atomic E-state index is 0.298. The van der Waals surface area contributed by atoms with Crippen molar-refractivity contribution in [3.05, 3.63) is 12.7 Å². The minimum atomic E-state index is -0.459. The number of rotatable bonds is 24. The van der Waals surface area contributed by atoms with Gasteiger partial charge in [-0.05, 0) is 25.7 Å². The van der Waals surface area contributed by atoms with Crippen molar-refractivity contribution in [2.45, 2.75) is 149 Å². The predicted octanol–water partition coefficient (Wildman–Crippen LogP) is 9.62. The molecule has 0 N–H and O–H groups in total. The highest BCUT2D eigenvalue weighted by Gasteiger charge is 2.38. The number of ether oxygens (including phenoxy) is 2. The van der Waals surface area contributed by atoms with Gasteiger partial charge in [0, 0.05) is 25.6 Å². The molecule has 0 bridgehead atoms. The first-order valence-corrected chi connectivity index (χ1v) is 13.6. The van der Waals surface area contributed by atoms with Crippen LogP contribution < -0.4 is 0 Å². The second-order valence-corrected chi connectivity index (χ2v) is 9.13. The zero-order valence-electron chi connectivity index (χ0n) is 21.3. The Kier molecular flexibility index (Phi) is 21.6. The Balaban J connectivity index is 4.72. The summed E-state index contributed by atoms with van der Waals surface area (Å²) >= 11 is 0. The van der Waals surface area contributed by atoms with E-state index < -0.39 is 5.79 Å². The Labute approximate surface area is 190 Å². The molecule has 0 amide bonds. The molecule has 0 aromatic rings. The lowest BCUT2D eigenvalue weighted by Crippen LogP contribution is -2.43. The minimum Gasteiger partial charge on any atom is -0.349 e. The molecule has 0 aliphatic carbocycles. The van der Waals surface area contributed by atoms with Crippen molar-refractivity contribution >= 4 is 0 Å². The molecule has 1 unspecified atom stereocenters. The quantitative estimate of drug-likeness (QED) is 0.0872. The molecule has 0 aromatic heterocycles. The molecule has 0 heterocycles. The molecule has 0 aliphatic rings. The van der Waals surface area contributed by atoms with E-state index in [-0.39, 0.29) is 0 Å². The predicted molar refractivity (Wildman–Crippen MR) is 134 cm³/mol. The molecule has 0 saturated carbocycles. The lowest BCUT2D eigenvalue weighted by Gasteiger charge is -2.39. The van der Waals surface area contributed by atoms with E-state index in [2.05, 4.69) is 40.3 Å². The lowest BCUT2D eigenvalue weighted by molar-refractivity contribution is -0.264. The maximum atomic E-state index is 6.50. The van der Waals surface area contributed by atoms with Gasteiger partial charge in [-0.2, -0.15) is 0 Å². The van der Waals surface area contributed by atoms with Crippen LogP contribution in [0.3, 0.4) is 0 Å². The van der Waals surface area contributed by atoms with Crippen LogP contribution in [0.1, 0.15) is 143 Å². The molecule has 0 radical (unpaired) electrons. The first-order valence-electron chi connectivity index (χ1n) is 13.6. The van der Waals surface area contributed by atoms with Crippen LogP contribution in [-0.2, 0) is 9.47 Å². The van der Waals surface area contributed by atoms with Crippen LogP contribution in [-0.4, -0.2) is 19.0 Å². The van der Waals surface area contributed by atoms with Gasteiger partial charge in [0.2, 0.25) is 0 Å². The highest BCUT2D eigenvalue weighted by atomic mass is 16.7. The molecule has 0 saturated heterocycles. The largest absolute Gasteiger partial charge is 0.349 e. The third-order valence-electron chi connectivity index (χ3n) is 6.20. The van der Waals surface area contributed by atoms with E-state index in [0.29, 0.717) is 5.92 Å². The van der Waals surface area contributed by atoms with Crippen molar-refractivity contribution in [2.24, 2.45) is 5.92 Å². The fourth-order valence-corrected chi connectivity index (χ4v) is 4.30. The van der Waals surface area contributed by atoms with E-state index in [1.165, 1.54) is 89.9 Å². The second-order valence-electron chi connectivity index (χ2n) is 9.13. The van der Waals surface area contributed by atoms with Gasteiger partial charge in [-0.1, -0.05) is 117 Å². The van der Waals surface area contributed by atoms with Crippen LogP contribution in [0.2, 0.25) is 0 Å². The van der Waals surface area contributed by atoms with Crippen LogP contribution in [0.5, 0.6) is 0 Å². The summed E-state index contributed by atoms with van der Waals surface area (Å²) in [4.78, 5) is 0. The van der Waals surface area contributed by atoms with Gasteiger partial charge in [0.05, 0.1) is 0 Å². The maximum absolute atomic E-state index is 6.50. The fourth-order valence-electron chi connectivity index (χ4n) is 4.30. The van der Waals surface area contributed by atoms with E-state index >= 15 is 0 Å². The van der Waals surface area contributed by atoms with Crippen molar-refractivity contribution in [1.82, 2.24) is 0 Å². The van der Waals surface area contributed by atoms with Crippen LogP contribution in [0, 0.1) is 5.92 Å². The molecule has 0 rings (SSSR count). The molecule has 30 heavy (non-hydrogen) atoms. The molecule has 0 fully saturated rings. The standard InChI is InChI=1S/C28H56O2/c1-6-11-13-15-17-18-20-22-24-28(29-25-8-3,30-26-9-4)27(10-5)23-21-19-16-14-12-7-2/h10,27H,5-9,11-26H2,1-4H3. The third-order valence-corrected chi connectivity index (χ3v) is 6.20. The Morgan fingerprint density at radius 1 is 0.600 bits per heavy atom. The van der Waals surface area contributed by atoms with E-state index in [0.717, 1.165) is 38.9 Å². The summed E-state index contributed by atoms with van der Waals surface area (Å²) in [5.74, 6) is -0.161. The van der Waals surface area contributed by atoms with Gasteiger partial charge >= 0.3 is 0 Å². The van der Waals surface area contributed by atoms with Gasteiger partial charge in [0.1, 0.15) is 0 Å². The van der Waals surface area contributed by atoms with Crippen molar-refractivity contribution in [3.8, 4) is 0 Å². The van der Waals surface area contributed by atoms with Gasteiger partial charge in [0.15, 0.2) is 5.79 Å². The van der Waals surface area contributed by atoms with Crippen molar-refractivity contribution in [3.63, 3.8) is 0 Å². The zero-order chi connectivity index (χ0) is 22.3. The van der Waals surface area contributed by atoms with Crippen molar-refractivity contribution < 1.29 is 9.47 Å². The summed E-state index contributed by atoms with van der Waals surface area (Å²) in [6.45, 7) is 14.7. The Hall–Kier alpha value is -0.340. The van der Waals surface area contributed by atoms with E-state index in [1.807, 2.05) is 0 Å². The van der Waals surface area contributed by atoms with Gasteiger partial charge in [-0.25, -0.2) is 0 Å². The molecule has 1 atom stereocenters. The molecule has 2 nitrogen and oxygen atoms in total. The fraction of sp³-hybridized carbons (Fsp3) is 0.929. The van der Waals surface area contributed by atoms with Crippen LogP contribution in [0.4, 0.5) is 0 Å². The molecule has 2 heteroatoms. The average molecular weight is 425 g/mol. The van der Waals surface area contributed by atoms with Crippen molar-refractivity contribution in [1.29, 1.82) is 0 Å². The lowest BCUT2D eigenvalue weighted by atomic mass is 9.87. The Morgan fingerprint density at radius 3 is 1.47 bits per heavy atom. The summed E-state index contributed by atoms with van der Waals surface area (Å²) in [5.41, 5.74) is 0. The third kappa shape index (κ3) is 14.6. The van der Waals surface area contributed by atoms with E-state index in [1.54, 1.807) is 0 Å². The summed E-state index contributed by atoms with van der Waals surface area (Å²) in [7, 11) is 0. The van der Waals surface area contributed by atoms with Crippen molar-refractivity contribution in [2.75, 3.05) is 13.2 Å². The zero-order valence-corrected chi connectivity index (χ0v) is 21.3. The molecular weight excluding hydrogens is 368 g/mol. The number of hydrogen-bond acceptors (Lipinski definition) is 2. The highest BCUT2D eigenvalue weighted by molar-refractivity contribution is 4.92. The topological polar surface area (TPSA) is 18.5 Å². The van der Waals surface area contributed by atoms with Crippen LogP contribution >= 0.6 is 0 Å². The SMILES string of the molecule is C=CC(CCCCCCCC)C(CCCCCCCCCC)(OCCC)OCCC. The molecule has 180 valence electrons. The van der Waals surface area contributed by atoms with E-state index in [4.69, 9.17) is 9.47 Å². The second kappa shape index (κ2) is 21.9. The normalized spacial score (nSPS) is 12.9. The van der Waals surface area contributed by atoms with Gasteiger partial charge in [-0.3, -0.25) is 0 Å². The Morgan fingerprint density at radius 2 is 1.03 bits per heavy atom. The first-order chi connectivity index (χ1) is 14.7. The Bertz CT molecular complexity index is 345. The molecule has 0 aromatic carbocycles. The summed E-state index contributed by atoms with van der Waals surface area (Å²) in [6.07, 6.45) is 25.0. The van der Waals surface area contributed by atoms with E-state index in [9.17, 15) is 0 Å². The van der Waals surface area contributed by atoms with Crippen LogP contribution in [0.25, 0.3) is 0 Å². The average Bonchev–Trinajstić information content (AvgIpc) is 2.77. The van der Waals surface area contributed by atoms with Crippen LogP contribution in [0.15, 0.2) is 12.7 Å². The molecular formula is C28H56O2. The number of hydrogen-bond donors (Lipinski definition) is 0. The molecule has 0 aliphatic heterocycles. The van der Waals surface area contributed by atoms with Gasteiger partial charge in [-0.15, -0.1) is 6.58 Å². The summed E-state index contributed by atoms with van der Waals surface area (Å²) in [6, 6.07) is 0. The molecule has 0 spiro atoms. The van der Waals surface area contributed by atoms with Gasteiger partial charge < -0.3 is 9.47 Å².